The maximum atomic E-state index is 3.58. The molecule has 2 aromatic heterocycles. The minimum atomic E-state index is 0.676. The van der Waals surface area contributed by atoms with Crippen molar-refractivity contribution in [3.63, 3.8) is 0 Å². The van der Waals surface area contributed by atoms with Crippen molar-refractivity contribution in [2.24, 2.45) is 11.8 Å². The molecule has 2 aliphatic carbocycles. The lowest BCUT2D eigenvalue weighted by atomic mass is 9.72. The molecule has 2 saturated heterocycles. The van der Waals surface area contributed by atoms with Gasteiger partial charge < -0.3 is 9.97 Å². The third-order valence-electron chi connectivity index (χ3n) is 11.8. The Labute approximate surface area is 272 Å². The van der Waals surface area contributed by atoms with Gasteiger partial charge in [-0.1, -0.05) is 37.1 Å². The Morgan fingerprint density at radius 3 is 1.59 bits per heavy atom. The van der Waals surface area contributed by atoms with Crippen LogP contribution in [0.3, 0.4) is 0 Å². The van der Waals surface area contributed by atoms with Crippen molar-refractivity contribution < 1.29 is 0 Å². The standard InChI is InChI=1S/C38H50N4S2/c1-43-23-25-15-31-29-9-7-11-33-37(29)27(19-39-33)17-35(31)41(21-25)13-5-3-4-6-14-42-22-26(24-44-2)16-32-30-10-8-12-34-38(30)28(20-40-34)18-36(32)42/h7-12,19-20,25-26,31-32,35-36,39-40H,3-6,13-18,21-24H2,1-2H3/t25-,26-,31-,32-,35-,36-/m1/s1. The van der Waals surface area contributed by atoms with Gasteiger partial charge >= 0.3 is 0 Å². The zero-order chi connectivity index (χ0) is 29.6. The highest BCUT2D eigenvalue weighted by molar-refractivity contribution is 7.98. The summed E-state index contributed by atoms with van der Waals surface area (Å²) in [4.78, 5) is 13.0. The van der Waals surface area contributed by atoms with Gasteiger partial charge in [-0.15, -0.1) is 0 Å². The van der Waals surface area contributed by atoms with E-state index in [1.807, 2.05) is 23.5 Å². The molecule has 6 heteroatoms. The number of thioether (sulfide) groups is 2. The summed E-state index contributed by atoms with van der Waals surface area (Å²) >= 11 is 4.09. The largest absolute Gasteiger partial charge is 0.361 e. The highest BCUT2D eigenvalue weighted by atomic mass is 32.2. The summed E-state index contributed by atoms with van der Waals surface area (Å²) in [5, 5.41) is 3.08. The zero-order valence-corrected chi connectivity index (χ0v) is 28.3. The van der Waals surface area contributed by atoms with Gasteiger partial charge in [-0.05, 0) is 122 Å². The normalized spacial score (nSPS) is 28.4. The number of hydrogen-bond acceptors (Lipinski definition) is 4. The van der Waals surface area contributed by atoms with E-state index in [4.69, 9.17) is 0 Å². The predicted molar refractivity (Wildman–Crippen MR) is 192 cm³/mol. The average molecular weight is 627 g/mol. The highest BCUT2D eigenvalue weighted by Crippen LogP contribution is 2.47. The number of fused-ring (bicyclic) bond motifs is 4. The minimum Gasteiger partial charge on any atom is -0.361 e. The van der Waals surface area contributed by atoms with Gasteiger partial charge in [0.2, 0.25) is 0 Å². The van der Waals surface area contributed by atoms with Crippen LogP contribution < -0.4 is 0 Å². The van der Waals surface area contributed by atoms with Crippen LogP contribution in [0.4, 0.5) is 0 Å². The molecule has 4 nitrogen and oxygen atoms in total. The van der Waals surface area contributed by atoms with Crippen LogP contribution in [0.1, 0.15) is 72.6 Å². The molecule has 2 N–H and O–H groups in total. The summed E-state index contributed by atoms with van der Waals surface area (Å²) in [6.45, 7) is 5.12. The first-order chi connectivity index (χ1) is 21.7. The molecule has 0 spiro atoms. The van der Waals surface area contributed by atoms with Crippen LogP contribution in [0.5, 0.6) is 0 Å². The van der Waals surface area contributed by atoms with E-state index in [0.717, 1.165) is 11.8 Å². The fourth-order valence-corrected chi connectivity index (χ4v) is 11.4. The molecule has 0 amide bonds. The third-order valence-corrected chi connectivity index (χ3v) is 13.4. The first kappa shape index (κ1) is 29.5. The molecule has 234 valence electrons. The van der Waals surface area contributed by atoms with Crippen LogP contribution in [0.2, 0.25) is 0 Å². The summed E-state index contributed by atoms with van der Waals surface area (Å²) in [5.74, 6) is 5.59. The number of piperidine rings is 2. The van der Waals surface area contributed by atoms with Crippen molar-refractivity contribution in [3.05, 3.63) is 71.0 Å². The monoisotopic (exact) mass is 626 g/mol. The topological polar surface area (TPSA) is 38.1 Å². The van der Waals surface area contributed by atoms with Crippen molar-refractivity contribution >= 4 is 45.3 Å². The van der Waals surface area contributed by atoms with Crippen molar-refractivity contribution in [1.82, 2.24) is 19.8 Å². The van der Waals surface area contributed by atoms with Crippen LogP contribution >= 0.6 is 23.5 Å². The second-order valence-corrected chi connectivity index (χ2v) is 16.3. The number of likely N-dealkylation sites (tertiary alicyclic amines) is 2. The highest BCUT2D eigenvalue weighted by Gasteiger charge is 2.41. The van der Waals surface area contributed by atoms with Crippen LogP contribution in [0.15, 0.2) is 48.8 Å². The number of H-pyrrole nitrogens is 2. The van der Waals surface area contributed by atoms with E-state index < -0.39 is 0 Å². The van der Waals surface area contributed by atoms with Crippen LogP contribution in [0.25, 0.3) is 21.8 Å². The van der Waals surface area contributed by atoms with Gasteiger partial charge in [-0.3, -0.25) is 9.80 Å². The van der Waals surface area contributed by atoms with Crippen molar-refractivity contribution in [2.75, 3.05) is 50.2 Å². The Morgan fingerprint density at radius 1 is 0.659 bits per heavy atom. The molecular formula is C38H50N4S2. The van der Waals surface area contributed by atoms with Crippen molar-refractivity contribution in [1.29, 1.82) is 0 Å². The van der Waals surface area contributed by atoms with Crippen LogP contribution in [-0.4, -0.2) is 82.0 Å². The SMILES string of the molecule is CSC[C@@H]1C[C@@H]2c3cccc4[nH]cc(c34)C[C@H]2N(CCCCCCN2C[C@H](CSC)C[C@@H]3c4cccc5[nH]cc(c45)C[C@H]32)C1. The van der Waals surface area contributed by atoms with Crippen LogP contribution in [-0.2, 0) is 12.8 Å². The molecule has 4 heterocycles. The van der Waals surface area contributed by atoms with Gasteiger partial charge in [0.05, 0.1) is 0 Å². The minimum absolute atomic E-state index is 0.676. The summed E-state index contributed by atoms with van der Waals surface area (Å²) < 4.78 is 0. The maximum absolute atomic E-state index is 3.58. The van der Waals surface area contributed by atoms with E-state index in [-0.39, 0.29) is 0 Å². The number of benzene rings is 2. The number of rotatable bonds is 11. The first-order valence-corrected chi connectivity index (χ1v) is 20.1. The van der Waals surface area contributed by atoms with Gasteiger partial charge in [-0.25, -0.2) is 0 Å². The molecule has 0 radical (unpaired) electrons. The number of nitrogens with one attached hydrogen (secondary N) is 2. The Bertz CT molecular complexity index is 1470. The smallest absolute Gasteiger partial charge is 0.0459 e. The van der Waals surface area contributed by atoms with Gasteiger partial charge in [0.1, 0.15) is 0 Å². The van der Waals surface area contributed by atoms with Crippen molar-refractivity contribution in [2.45, 2.75) is 75.3 Å². The number of hydrogen-bond donors (Lipinski definition) is 2. The lowest BCUT2D eigenvalue weighted by Gasteiger charge is -2.47. The molecule has 2 fully saturated rings. The average Bonchev–Trinajstić information content (AvgIpc) is 3.66. The number of unbranched alkanes of at least 4 members (excludes halogenated alkanes) is 3. The third kappa shape index (κ3) is 5.36. The lowest BCUT2D eigenvalue weighted by molar-refractivity contribution is 0.0865. The van der Waals surface area contributed by atoms with E-state index >= 15 is 0 Å². The summed E-state index contributed by atoms with van der Waals surface area (Å²) in [5.41, 5.74) is 9.03. The van der Waals surface area contributed by atoms with Crippen LogP contribution in [0, 0.1) is 11.8 Å². The van der Waals surface area contributed by atoms with E-state index in [1.54, 1.807) is 33.0 Å². The lowest BCUT2D eigenvalue weighted by Crippen LogP contribution is -2.50. The number of aromatic nitrogens is 2. The fourth-order valence-electron chi connectivity index (χ4n) is 10.0. The molecular weight excluding hydrogens is 577 g/mol. The second kappa shape index (κ2) is 12.7. The second-order valence-electron chi connectivity index (χ2n) is 14.4. The molecule has 8 rings (SSSR count). The Morgan fingerprint density at radius 2 is 1.14 bits per heavy atom. The summed E-state index contributed by atoms with van der Waals surface area (Å²) in [7, 11) is 0. The Kier molecular flexibility index (Phi) is 8.55. The van der Waals surface area contributed by atoms with Gasteiger partial charge in [0, 0.05) is 71.2 Å². The summed E-state index contributed by atoms with van der Waals surface area (Å²) in [6, 6.07) is 15.3. The molecule has 4 aromatic rings. The fraction of sp³-hybridized carbons (Fsp3) is 0.579. The molecule has 2 aliphatic heterocycles. The van der Waals surface area contributed by atoms with Gasteiger partial charge in [0.15, 0.2) is 0 Å². The number of aromatic amines is 2. The summed E-state index contributed by atoms with van der Waals surface area (Å²) in [6.07, 6.45) is 19.8. The molecule has 0 unspecified atom stereocenters. The zero-order valence-electron chi connectivity index (χ0n) is 26.7. The molecule has 44 heavy (non-hydrogen) atoms. The van der Waals surface area contributed by atoms with Gasteiger partial charge in [-0.2, -0.15) is 23.5 Å². The number of nitrogens with zero attached hydrogens (tertiary/aromatic N) is 2. The molecule has 0 bridgehead atoms. The van der Waals surface area contributed by atoms with E-state index in [0.29, 0.717) is 23.9 Å². The molecule has 0 saturated carbocycles. The first-order valence-electron chi connectivity index (χ1n) is 17.4. The van der Waals surface area contributed by atoms with Gasteiger partial charge in [0.25, 0.3) is 0 Å². The molecule has 4 aliphatic rings. The Balaban J connectivity index is 0.888. The van der Waals surface area contributed by atoms with E-state index in [9.17, 15) is 0 Å². The molecule has 6 atom stereocenters. The molecule has 2 aromatic carbocycles. The Hall–Kier alpha value is -1.86. The van der Waals surface area contributed by atoms with E-state index in [1.165, 1.54) is 100 Å². The maximum Gasteiger partial charge on any atom is 0.0459 e. The van der Waals surface area contributed by atoms with E-state index in [2.05, 4.69) is 81.1 Å². The quantitative estimate of drug-likeness (QED) is 0.164. The predicted octanol–water partition coefficient (Wildman–Crippen LogP) is 8.30. The van der Waals surface area contributed by atoms with Crippen molar-refractivity contribution in [3.8, 4) is 0 Å².